The fraction of sp³-hybridized carbons (Fsp3) is 0.286. The summed E-state index contributed by atoms with van der Waals surface area (Å²) in [6.07, 6.45) is 1.27. The van der Waals surface area contributed by atoms with Crippen molar-refractivity contribution in [1.29, 1.82) is 0 Å². The summed E-state index contributed by atoms with van der Waals surface area (Å²) >= 11 is 15.7. The van der Waals surface area contributed by atoms with Crippen LogP contribution in [0.2, 0.25) is 10.0 Å². The molecule has 2 amide bonds. The highest BCUT2D eigenvalue weighted by atomic mass is 79.9. The maximum absolute atomic E-state index is 14.0. The first-order chi connectivity index (χ1) is 18.3. The third kappa shape index (κ3) is 8.96. The van der Waals surface area contributed by atoms with Gasteiger partial charge >= 0.3 is 0 Å². The fourth-order valence-electron chi connectivity index (χ4n) is 3.99. The smallest absolute Gasteiger partial charge is 0.244 e. The number of anilines is 1. The Morgan fingerprint density at radius 2 is 1.56 bits per heavy atom. The molecule has 3 aromatic rings. The van der Waals surface area contributed by atoms with Crippen LogP contribution in [0.3, 0.4) is 0 Å². The third-order valence-electron chi connectivity index (χ3n) is 5.83. The minimum atomic E-state index is -3.84. The average Bonchev–Trinajstić information content (AvgIpc) is 2.87. The Bertz CT molecular complexity index is 1400. The molecule has 7 nitrogen and oxygen atoms in total. The summed E-state index contributed by atoms with van der Waals surface area (Å²) in [5.74, 6) is -0.897. The summed E-state index contributed by atoms with van der Waals surface area (Å²) in [4.78, 5) is 28.9. The summed E-state index contributed by atoms with van der Waals surface area (Å²) in [6, 6.07) is 19.8. The Hall–Kier alpha value is -2.59. The molecule has 0 saturated carbocycles. The molecule has 0 saturated heterocycles. The van der Waals surface area contributed by atoms with Crippen molar-refractivity contribution < 1.29 is 18.0 Å². The SMILES string of the molecule is CC(C)NC(=O)[C@H](Cc1ccccc1)N(Cc1ccc(Cl)c(Cl)c1)C(=O)CN(c1ccc(Br)cc1)S(C)(=O)=O. The molecular formula is C28H30BrCl2N3O4S. The highest BCUT2D eigenvalue weighted by Crippen LogP contribution is 2.25. The van der Waals surface area contributed by atoms with Gasteiger partial charge in [-0.05, 0) is 61.4 Å². The Morgan fingerprint density at radius 3 is 2.13 bits per heavy atom. The Balaban J connectivity index is 2.06. The molecule has 0 unspecified atom stereocenters. The van der Waals surface area contributed by atoms with Crippen molar-refractivity contribution >= 4 is 66.7 Å². The number of nitrogens with zero attached hydrogens (tertiary/aromatic N) is 2. The fourth-order valence-corrected chi connectivity index (χ4v) is 5.43. The van der Waals surface area contributed by atoms with Gasteiger partial charge in [0.1, 0.15) is 12.6 Å². The van der Waals surface area contributed by atoms with E-state index in [9.17, 15) is 18.0 Å². The van der Waals surface area contributed by atoms with E-state index in [2.05, 4.69) is 21.2 Å². The molecule has 0 aliphatic rings. The van der Waals surface area contributed by atoms with Crippen LogP contribution in [0.5, 0.6) is 0 Å². The van der Waals surface area contributed by atoms with Gasteiger partial charge in [0, 0.05) is 23.5 Å². The zero-order valence-electron chi connectivity index (χ0n) is 21.8. The van der Waals surface area contributed by atoms with E-state index < -0.39 is 28.5 Å². The molecular weight excluding hydrogens is 625 g/mol. The molecule has 3 aromatic carbocycles. The normalized spacial score (nSPS) is 12.2. The number of nitrogens with one attached hydrogen (secondary N) is 1. The van der Waals surface area contributed by atoms with Crippen LogP contribution < -0.4 is 9.62 Å². The van der Waals surface area contributed by atoms with Crippen LogP contribution in [0.4, 0.5) is 5.69 Å². The molecule has 0 aromatic heterocycles. The number of sulfonamides is 1. The Labute approximate surface area is 248 Å². The number of benzene rings is 3. The van der Waals surface area contributed by atoms with Crippen molar-refractivity contribution in [2.45, 2.75) is 38.9 Å². The molecule has 1 atom stereocenters. The van der Waals surface area contributed by atoms with Gasteiger partial charge in [0.25, 0.3) is 0 Å². The number of carbonyl (C=O) groups is 2. The van der Waals surface area contributed by atoms with Crippen molar-refractivity contribution in [3.05, 3.63) is 98.4 Å². The number of rotatable bonds is 11. The van der Waals surface area contributed by atoms with Crippen LogP contribution >= 0.6 is 39.1 Å². The van der Waals surface area contributed by atoms with Gasteiger partial charge in [-0.15, -0.1) is 0 Å². The predicted octanol–water partition coefficient (Wildman–Crippen LogP) is 5.69. The summed E-state index contributed by atoms with van der Waals surface area (Å²) in [7, 11) is -3.84. The Kier molecular flexibility index (Phi) is 10.8. The summed E-state index contributed by atoms with van der Waals surface area (Å²) in [5, 5.41) is 3.57. The van der Waals surface area contributed by atoms with E-state index >= 15 is 0 Å². The van der Waals surface area contributed by atoms with Crippen LogP contribution in [0.15, 0.2) is 77.3 Å². The molecule has 0 heterocycles. The molecule has 1 N–H and O–H groups in total. The van der Waals surface area contributed by atoms with Gasteiger partial charge in [-0.2, -0.15) is 0 Å². The van der Waals surface area contributed by atoms with Gasteiger partial charge in [0.05, 0.1) is 22.0 Å². The van der Waals surface area contributed by atoms with Crippen LogP contribution in [0.1, 0.15) is 25.0 Å². The second-order valence-electron chi connectivity index (χ2n) is 9.38. The molecule has 0 bridgehead atoms. The number of hydrogen-bond acceptors (Lipinski definition) is 4. The predicted molar refractivity (Wildman–Crippen MR) is 161 cm³/mol. The van der Waals surface area contributed by atoms with Gasteiger partial charge in [-0.1, -0.05) is 75.5 Å². The van der Waals surface area contributed by atoms with Gasteiger partial charge in [0.15, 0.2) is 0 Å². The van der Waals surface area contributed by atoms with Gasteiger partial charge in [-0.3, -0.25) is 13.9 Å². The lowest BCUT2D eigenvalue weighted by molar-refractivity contribution is -0.140. The van der Waals surface area contributed by atoms with Crippen molar-refractivity contribution in [2.75, 3.05) is 17.1 Å². The maximum Gasteiger partial charge on any atom is 0.244 e. The molecule has 0 aliphatic heterocycles. The minimum Gasteiger partial charge on any atom is -0.352 e. The van der Waals surface area contributed by atoms with E-state index in [1.807, 2.05) is 44.2 Å². The zero-order valence-corrected chi connectivity index (χ0v) is 25.7. The van der Waals surface area contributed by atoms with Crippen LogP contribution in [-0.2, 0) is 32.6 Å². The number of halogens is 3. The molecule has 0 aliphatic carbocycles. The van der Waals surface area contributed by atoms with E-state index in [1.54, 1.807) is 42.5 Å². The lowest BCUT2D eigenvalue weighted by Crippen LogP contribution is -2.54. The highest BCUT2D eigenvalue weighted by molar-refractivity contribution is 9.10. The van der Waals surface area contributed by atoms with E-state index in [1.165, 1.54) is 4.90 Å². The molecule has 0 spiro atoms. The first-order valence-electron chi connectivity index (χ1n) is 12.2. The van der Waals surface area contributed by atoms with Crippen molar-refractivity contribution in [3.63, 3.8) is 0 Å². The van der Waals surface area contributed by atoms with E-state index in [4.69, 9.17) is 23.2 Å². The zero-order chi connectivity index (χ0) is 28.7. The minimum absolute atomic E-state index is 0.0106. The van der Waals surface area contributed by atoms with Crippen LogP contribution in [0, 0.1) is 0 Å². The number of carbonyl (C=O) groups excluding carboxylic acids is 2. The monoisotopic (exact) mass is 653 g/mol. The largest absolute Gasteiger partial charge is 0.352 e. The molecule has 208 valence electrons. The van der Waals surface area contributed by atoms with Crippen LogP contribution in [0.25, 0.3) is 0 Å². The van der Waals surface area contributed by atoms with E-state index in [-0.39, 0.29) is 24.9 Å². The Morgan fingerprint density at radius 1 is 0.923 bits per heavy atom. The lowest BCUT2D eigenvalue weighted by atomic mass is 10.0. The van der Waals surface area contributed by atoms with E-state index in [0.29, 0.717) is 21.3 Å². The molecule has 3 rings (SSSR count). The standard InChI is InChI=1S/C28H30BrCl2N3O4S/c1-19(2)32-28(36)26(16-20-7-5-4-6-8-20)33(17-21-9-14-24(30)25(31)15-21)27(35)18-34(39(3,37)38)23-12-10-22(29)11-13-23/h4-15,19,26H,16-18H2,1-3H3,(H,32,36)/t26-/m0/s1. The van der Waals surface area contributed by atoms with Crippen molar-refractivity contribution in [1.82, 2.24) is 10.2 Å². The summed E-state index contributed by atoms with van der Waals surface area (Å²) < 4.78 is 27.4. The highest BCUT2D eigenvalue weighted by Gasteiger charge is 2.33. The van der Waals surface area contributed by atoms with Gasteiger partial charge in [0.2, 0.25) is 21.8 Å². The summed E-state index contributed by atoms with van der Waals surface area (Å²) in [6.45, 7) is 3.18. The first kappa shape index (κ1) is 30.9. The third-order valence-corrected chi connectivity index (χ3v) is 8.24. The quantitative estimate of drug-likeness (QED) is 0.288. The molecule has 11 heteroatoms. The second kappa shape index (κ2) is 13.7. The van der Waals surface area contributed by atoms with Gasteiger partial charge in [-0.25, -0.2) is 8.42 Å². The summed E-state index contributed by atoms with van der Waals surface area (Å²) in [5.41, 5.74) is 1.82. The topological polar surface area (TPSA) is 86.8 Å². The van der Waals surface area contributed by atoms with Gasteiger partial charge < -0.3 is 10.2 Å². The average molecular weight is 655 g/mol. The maximum atomic E-state index is 14.0. The van der Waals surface area contributed by atoms with Crippen LogP contribution in [-0.4, -0.2) is 50.0 Å². The number of hydrogen-bond donors (Lipinski definition) is 1. The van der Waals surface area contributed by atoms with Crippen molar-refractivity contribution in [3.8, 4) is 0 Å². The lowest BCUT2D eigenvalue weighted by Gasteiger charge is -2.34. The van der Waals surface area contributed by atoms with E-state index in [0.717, 1.165) is 20.6 Å². The van der Waals surface area contributed by atoms with Crippen molar-refractivity contribution in [2.24, 2.45) is 0 Å². The number of amides is 2. The first-order valence-corrected chi connectivity index (χ1v) is 15.6. The molecule has 0 radical (unpaired) electrons. The molecule has 39 heavy (non-hydrogen) atoms. The second-order valence-corrected chi connectivity index (χ2v) is 13.0. The molecule has 0 fully saturated rings.